The third-order valence-electron chi connectivity index (χ3n) is 6.31. The van der Waals surface area contributed by atoms with Crippen LogP contribution in [0.4, 0.5) is 0 Å². The molecule has 1 aromatic carbocycles. The largest absolute Gasteiger partial charge is 0.340 e. The Bertz CT molecular complexity index is 1190. The van der Waals surface area contributed by atoms with Gasteiger partial charge in [0.25, 0.3) is 5.56 Å². The van der Waals surface area contributed by atoms with Crippen LogP contribution in [0.1, 0.15) is 35.3 Å². The van der Waals surface area contributed by atoms with E-state index in [1.807, 2.05) is 50.4 Å². The van der Waals surface area contributed by atoms with E-state index in [-0.39, 0.29) is 29.7 Å². The zero-order valence-corrected chi connectivity index (χ0v) is 16.4. The summed E-state index contributed by atoms with van der Waals surface area (Å²) in [6, 6.07) is 13.1. The molecule has 2 aliphatic rings. The van der Waals surface area contributed by atoms with E-state index in [1.165, 1.54) is 0 Å². The van der Waals surface area contributed by atoms with E-state index in [0.29, 0.717) is 31.1 Å². The highest BCUT2D eigenvalue weighted by Gasteiger charge is 2.36. The first-order chi connectivity index (χ1) is 14.0. The minimum atomic E-state index is 0.00181. The third kappa shape index (κ3) is 2.99. The number of carbonyl (C=O) groups is 2. The number of likely N-dealkylation sites (tertiary alicyclic amines) is 1. The van der Waals surface area contributed by atoms with Gasteiger partial charge in [-0.1, -0.05) is 24.3 Å². The number of aromatic nitrogens is 2. The molecule has 0 saturated carbocycles. The van der Waals surface area contributed by atoms with Gasteiger partial charge in [0.2, 0.25) is 5.91 Å². The van der Waals surface area contributed by atoms with E-state index in [9.17, 15) is 14.4 Å². The summed E-state index contributed by atoms with van der Waals surface area (Å²) < 4.78 is 3.76. The van der Waals surface area contributed by atoms with Gasteiger partial charge in [-0.05, 0) is 31.4 Å². The van der Waals surface area contributed by atoms with E-state index in [0.717, 1.165) is 23.0 Å². The van der Waals surface area contributed by atoms with Crippen LogP contribution in [-0.2, 0) is 17.9 Å². The molecule has 0 radical (unpaired) electrons. The predicted molar refractivity (Wildman–Crippen MR) is 110 cm³/mol. The van der Waals surface area contributed by atoms with Crippen LogP contribution >= 0.6 is 0 Å². The monoisotopic (exact) mass is 389 g/mol. The fraction of sp³-hybridized carbons (Fsp3) is 0.348. The molecule has 1 amide bonds. The number of para-hydroxylation sites is 1. The molecule has 0 unspecified atom stereocenters. The Morgan fingerprint density at radius 3 is 2.69 bits per heavy atom. The van der Waals surface area contributed by atoms with Crippen molar-refractivity contribution < 1.29 is 9.59 Å². The minimum absolute atomic E-state index is 0.00181. The van der Waals surface area contributed by atoms with Crippen LogP contribution in [0.25, 0.3) is 10.9 Å². The molecule has 2 atom stereocenters. The Balaban J connectivity index is 1.41. The lowest BCUT2D eigenvalue weighted by molar-refractivity contribution is -0.134. The van der Waals surface area contributed by atoms with Crippen molar-refractivity contribution in [3.63, 3.8) is 0 Å². The average molecular weight is 389 g/mol. The maximum absolute atomic E-state index is 13.2. The number of carbonyl (C=O) groups excluding carboxylic acids is 2. The molecule has 3 aromatic rings. The van der Waals surface area contributed by atoms with E-state index in [2.05, 4.69) is 0 Å². The van der Waals surface area contributed by atoms with Gasteiger partial charge >= 0.3 is 0 Å². The molecule has 1 fully saturated rings. The molecule has 29 heavy (non-hydrogen) atoms. The van der Waals surface area contributed by atoms with E-state index in [4.69, 9.17) is 0 Å². The second kappa shape index (κ2) is 6.72. The first-order valence-electron chi connectivity index (χ1n) is 10.1. The van der Waals surface area contributed by atoms with Gasteiger partial charge in [-0.25, -0.2) is 0 Å². The summed E-state index contributed by atoms with van der Waals surface area (Å²) in [7, 11) is 0. The Kier molecular flexibility index (Phi) is 4.15. The number of nitrogens with zero attached hydrogens (tertiary/aromatic N) is 3. The standard InChI is InChI=1S/C23H23N3O3/c1-15(27)19-13-24(21-6-3-2-5-18(19)21)14-23(29)25-10-16-9-17(12-25)20-7-4-8-22(28)26(20)11-16/h2-8,13,16-17H,9-12,14H2,1H3/t16-,17+/m0/s1. The van der Waals surface area contributed by atoms with Crippen molar-refractivity contribution in [2.45, 2.75) is 32.4 Å². The lowest BCUT2D eigenvalue weighted by Crippen LogP contribution is -2.49. The zero-order valence-electron chi connectivity index (χ0n) is 16.4. The molecule has 0 N–H and O–H groups in total. The predicted octanol–water partition coefficient (Wildman–Crippen LogP) is 2.65. The van der Waals surface area contributed by atoms with Crippen molar-refractivity contribution in [1.29, 1.82) is 0 Å². The van der Waals surface area contributed by atoms with E-state index < -0.39 is 0 Å². The second-order valence-corrected chi connectivity index (χ2v) is 8.24. The van der Waals surface area contributed by atoms with Gasteiger partial charge in [0.05, 0.1) is 0 Å². The van der Waals surface area contributed by atoms with Crippen LogP contribution in [-0.4, -0.2) is 38.8 Å². The fourth-order valence-corrected chi connectivity index (χ4v) is 5.00. The SMILES string of the molecule is CC(=O)c1cn(CC(=O)N2C[C@@H]3C[C@H](C2)c2cccc(=O)n2C3)c2ccccc12. The highest BCUT2D eigenvalue weighted by molar-refractivity contribution is 6.07. The molecule has 1 saturated heterocycles. The molecular weight excluding hydrogens is 366 g/mol. The van der Waals surface area contributed by atoms with Crippen molar-refractivity contribution in [1.82, 2.24) is 14.0 Å². The number of pyridine rings is 1. The van der Waals surface area contributed by atoms with Gasteiger partial charge in [-0.2, -0.15) is 0 Å². The molecule has 0 spiro atoms. The molecule has 6 heteroatoms. The molecule has 4 heterocycles. The van der Waals surface area contributed by atoms with Crippen molar-refractivity contribution in [2.24, 2.45) is 5.92 Å². The van der Waals surface area contributed by atoms with Crippen LogP contribution in [0.2, 0.25) is 0 Å². The average Bonchev–Trinajstić information content (AvgIpc) is 3.08. The molecule has 2 aromatic heterocycles. The molecule has 148 valence electrons. The summed E-state index contributed by atoms with van der Waals surface area (Å²) in [5, 5.41) is 0.886. The van der Waals surface area contributed by atoms with Crippen molar-refractivity contribution >= 4 is 22.6 Å². The Labute approximate surface area is 168 Å². The number of amides is 1. The smallest absolute Gasteiger partial charge is 0.250 e. The summed E-state index contributed by atoms with van der Waals surface area (Å²) in [5.74, 6) is 0.568. The van der Waals surface area contributed by atoms with E-state index >= 15 is 0 Å². The Hall–Kier alpha value is -3.15. The summed E-state index contributed by atoms with van der Waals surface area (Å²) in [4.78, 5) is 39.3. The quantitative estimate of drug-likeness (QED) is 0.647. The number of hydrogen-bond donors (Lipinski definition) is 0. The van der Waals surface area contributed by atoms with Crippen LogP contribution in [0.5, 0.6) is 0 Å². The number of ketones is 1. The molecule has 2 aliphatic heterocycles. The normalized spacial score (nSPS) is 20.5. The number of benzene rings is 1. The van der Waals surface area contributed by atoms with Crippen molar-refractivity contribution in [2.75, 3.05) is 13.1 Å². The van der Waals surface area contributed by atoms with E-state index in [1.54, 1.807) is 19.2 Å². The first-order valence-corrected chi connectivity index (χ1v) is 10.1. The second-order valence-electron chi connectivity index (χ2n) is 8.24. The highest BCUT2D eigenvalue weighted by Crippen LogP contribution is 2.35. The topological polar surface area (TPSA) is 64.3 Å². The zero-order chi connectivity index (χ0) is 20.1. The Morgan fingerprint density at radius 2 is 1.86 bits per heavy atom. The van der Waals surface area contributed by atoms with Crippen molar-refractivity contribution in [3.05, 3.63) is 70.3 Å². The van der Waals surface area contributed by atoms with Crippen LogP contribution in [0, 0.1) is 5.92 Å². The minimum Gasteiger partial charge on any atom is -0.340 e. The molecule has 5 rings (SSSR count). The fourth-order valence-electron chi connectivity index (χ4n) is 5.00. The van der Waals surface area contributed by atoms with Crippen LogP contribution in [0.3, 0.4) is 0 Å². The summed E-state index contributed by atoms with van der Waals surface area (Å²) in [5.41, 5.74) is 2.64. The van der Waals surface area contributed by atoms with Gasteiger partial charge in [-0.15, -0.1) is 0 Å². The lowest BCUT2D eigenvalue weighted by atomic mass is 9.83. The maximum atomic E-state index is 13.2. The molecule has 0 aliphatic carbocycles. The lowest BCUT2D eigenvalue weighted by Gasteiger charge is -2.42. The number of fused-ring (bicyclic) bond motifs is 5. The number of hydrogen-bond acceptors (Lipinski definition) is 3. The highest BCUT2D eigenvalue weighted by atomic mass is 16.2. The number of piperidine rings is 1. The Morgan fingerprint density at radius 1 is 1.03 bits per heavy atom. The van der Waals surface area contributed by atoms with Gasteiger partial charge in [0.15, 0.2) is 5.78 Å². The van der Waals surface area contributed by atoms with Crippen LogP contribution < -0.4 is 5.56 Å². The number of rotatable bonds is 3. The van der Waals surface area contributed by atoms with Crippen molar-refractivity contribution in [3.8, 4) is 0 Å². The number of Topliss-reactive ketones (excluding diaryl/α,β-unsaturated/α-hetero) is 1. The summed E-state index contributed by atoms with van der Waals surface area (Å²) in [6.07, 6.45) is 2.82. The van der Waals surface area contributed by atoms with Gasteiger partial charge in [-0.3, -0.25) is 14.4 Å². The third-order valence-corrected chi connectivity index (χ3v) is 6.31. The summed E-state index contributed by atoms with van der Waals surface area (Å²) >= 11 is 0. The maximum Gasteiger partial charge on any atom is 0.250 e. The van der Waals surface area contributed by atoms with Gasteiger partial charge < -0.3 is 14.0 Å². The molecule has 6 nitrogen and oxygen atoms in total. The van der Waals surface area contributed by atoms with Crippen LogP contribution in [0.15, 0.2) is 53.5 Å². The molecular formula is C23H23N3O3. The van der Waals surface area contributed by atoms with Gasteiger partial charge in [0.1, 0.15) is 6.54 Å². The summed E-state index contributed by atoms with van der Waals surface area (Å²) in [6.45, 7) is 3.76. The van der Waals surface area contributed by atoms with Gasteiger partial charge in [0, 0.05) is 60.0 Å². The first kappa shape index (κ1) is 17.9. The molecule has 2 bridgehead atoms.